The Kier molecular flexibility index (Phi) is 4.55. The summed E-state index contributed by atoms with van der Waals surface area (Å²) in [6.07, 6.45) is 0.246. The smallest absolute Gasteiger partial charge is 0.226 e. The maximum Gasteiger partial charge on any atom is 0.226 e. The Labute approximate surface area is 182 Å². The molecule has 0 unspecified atom stereocenters. The topological polar surface area (TPSA) is 98.5 Å². The molecular formula is C22H20N4O4S. The molecule has 0 spiro atoms. The molecule has 0 radical (unpaired) electrons. The number of amides is 1. The van der Waals surface area contributed by atoms with Crippen LogP contribution in [0.4, 0.5) is 5.82 Å². The standard InChI is InChI=1S/C22H20N4O4S/c1-11-19-13(12-8-15(29-2)20(28)16(9-12)30-3)10-18(27)24-21(19)26(25-11)22-23-14-6-4-5-7-17(14)31-22/h4-9,13,28H,10H2,1-3H3,(H,24,27)/t13-/m0/s1. The van der Waals surface area contributed by atoms with Crippen molar-refractivity contribution in [2.45, 2.75) is 19.3 Å². The summed E-state index contributed by atoms with van der Waals surface area (Å²) in [5.41, 5.74) is 3.39. The summed E-state index contributed by atoms with van der Waals surface area (Å²) in [5.74, 6) is 0.734. The molecule has 31 heavy (non-hydrogen) atoms. The minimum atomic E-state index is -0.268. The van der Waals surface area contributed by atoms with Gasteiger partial charge < -0.3 is 19.9 Å². The number of thiazole rings is 1. The highest BCUT2D eigenvalue weighted by Crippen LogP contribution is 2.45. The number of hydrogen-bond donors (Lipinski definition) is 2. The van der Waals surface area contributed by atoms with E-state index in [1.54, 1.807) is 16.8 Å². The lowest BCUT2D eigenvalue weighted by Gasteiger charge is -2.25. The molecule has 5 rings (SSSR count). The predicted octanol–water partition coefficient (Wildman–Crippen LogP) is 3.99. The Hall–Kier alpha value is -3.59. The number of rotatable bonds is 4. The number of anilines is 1. The Morgan fingerprint density at radius 2 is 1.90 bits per heavy atom. The third-order valence-corrected chi connectivity index (χ3v) is 6.48. The first-order chi connectivity index (χ1) is 15.0. The summed E-state index contributed by atoms with van der Waals surface area (Å²) in [6, 6.07) is 11.3. The minimum Gasteiger partial charge on any atom is -0.502 e. The predicted molar refractivity (Wildman–Crippen MR) is 118 cm³/mol. The van der Waals surface area contributed by atoms with Crippen molar-refractivity contribution in [2.75, 3.05) is 19.5 Å². The lowest BCUT2D eigenvalue weighted by atomic mass is 9.85. The molecule has 1 aliphatic rings. The number of fused-ring (bicyclic) bond motifs is 2. The van der Waals surface area contributed by atoms with Gasteiger partial charge in [-0.2, -0.15) is 9.78 Å². The van der Waals surface area contributed by atoms with Crippen LogP contribution in [-0.4, -0.2) is 40.0 Å². The molecule has 4 aromatic rings. The number of carbonyl (C=O) groups excluding carboxylic acids is 1. The number of phenols is 1. The summed E-state index contributed by atoms with van der Waals surface area (Å²) in [6.45, 7) is 1.92. The van der Waals surface area contributed by atoms with E-state index in [1.165, 1.54) is 25.6 Å². The van der Waals surface area contributed by atoms with Gasteiger partial charge >= 0.3 is 0 Å². The summed E-state index contributed by atoms with van der Waals surface area (Å²) >= 11 is 1.51. The van der Waals surface area contributed by atoms with E-state index in [1.807, 2.05) is 31.2 Å². The molecule has 1 atom stereocenters. The van der Waals surface area contributed by atoms with Gasteiger partial charge in [-0.25, -0.2) is 4.98 Å². The van der Waals surface area contributed by atoms with E-state index < -0.39 is 0 Å². The second kappa shape index (κ2) is 7.28. The number of carbonyl (C=O) groups is 1. The number of phenolic OH excluding ortho intramolecular Hbond substituents is 1. The Balaban J connectivity index is 1.67. The van der Waals surface area contributed by atoms with Crippen molar-refractivity contribution in [2.24, 2.45) is 0 Å². The number of ether oxygens (including phenoxy) is 2. The van der Waals surface area contributed by atoms with Crippen LogP contribution in [-0.2, 0) is 4.79 Å². The van der Waals surface area contributed by atoms with Crippen LogP contribution in [0.3, 0.4) is 0 Å². The van der Waals surface area contributed by atoms with Crippen LogP contribution < -0.4 is 14.8 Å². The van der Waals surface area contributed by atoms with Crippen LogP contribution in [0, 0.1) is 6.92 Å². The van der Waals surface area contributed by atoms with E-state index in [2.05, 4.69) is 10.3 Å². The molecular weight excluding hydrogens is 416 g/mol. The third-order valence-electron chi connectivity index (χ3n) is 5.47. The number of benzene rings is 2. The molecule has 8 nitrogen and oxygen atoms in total. The van der Waals surface area contributed by atoms with Gasteiger partial charge in [-0.1, -0.05) is 23.5 Å². The van der Waals surface area contributed by atoms with E-state index in [9.17, 15) is 9.90 Å². The molecule has 0 fully saturated rings. The van der Waals surface area contributed by atoms with Crippen molar-refractivity contribution in [3.8, 4) is 22.4 Å². The Morgan fingerprint density at radius 1 is 1.19 bits per heavy atom. The molecule has 1 amide bonds. The van der Waals surface area contributed by atoms with Crippen LogP contribution >= 0.6 is 11.3 Å². The van der Waals surface area contributed by atoms with Gasteiger partial charge in [0, 0.05) is 17.9 Å². The number of para-hydroxylation sites is 1. The second-order valence-electron chi connectivity index (χ2n) is 7.30. The van der Waals surface area contributed by atoms with Gasteiger partial charge in [0.05, 0.1) is 30.1 Å². The lowest BCUT2D eigenvalue weighted by Crippen LogP contribution is -2.25. The largest absolute Gasteiger partial charge is 0.502 e. The van der Waals surface area contributed by atoms with E-state index >= 15 is 0 Å². The molecule has 158 valence electrons. The van der Waals surface area contributed by atoms with Crippen molar-refractivity contribution in [3.05, 3.63) is 53.2 Å². The molecule has 1 aliphatic heterocycles. The average Bonchev–Trinajstić information content (AvgIpc) is 3.34. The van der Waals surface area contributed by atoms with Crippen LogP contribution in [0.1, 0.15) is 29.2 Å². The van der Waals surface area contributed by atoms with E-state index in [-0.39, 0.29) is 35.5 Å². The van der Waals surface area contributed by atoms with Gasteiger partial charge in [-0.05, 0) is 36.8 Å². The zero-order valence-corrected chi connectivity index (χ0v) is 18.0. The summed E-state index contributed by atoms with van der Waals surface area (Å²) < 4.78 is 13.4. The fourth-order valence-electron chi connectivity index (χ4n) is 4.04. The van der Waals surface area contributed by atoms with E-state index in [0.717, 1.165) is 27.0 Å². The second-order valence-corrected chi connectivity index (χ2v) is 8.31. The summed E-state index contributed by atoms with van der Waals surface area (Å²) in [4.78, 5) is 17.4. The number of nitrogens with one attached hydrogen (secondary N) is 1. The van der Waals surface area contributed by atoms with Crippen LogP contribution in [0.5, 0.6) is 17.2 Å². The number of nitrogens with zero attached hydrogens (tertiary/aromatic N) is 3. The number of aryl methyl sites for hydroxylation is 1. The molecule has 2 aromatic carbocycles. The first-order valence-corrected chi connectivity index (χ1v) is 10.5. The normalized spacial score (nSPS) is 15.6. The van der Waals surface area contributed by atoms with Gasteiger partial charge in [0.1, 0.15) is 5.82 Å². The number of aromatic nitrogens is 3. The molecule has 0 saturated heterocycles. The minimum absolute atomic E-state index is 0.0730. The highest BCUT2D eigenvalue weighted by Gasteiger charge is 2.34. The van der Waals surface area contributed by atoms with Gasteiger partial charge in [-0.3, -0.25) is 4.79 Å². The van der Waals surface area contributed by atoms with Crippen molar-refractivity contribution in [3.63, 3.8) is 0 Å². The maximum atomic E-state index is 12.7. The molecule has 2 aromatic heterocycles. The molecule has 2 N–H and O–H groups in total. The first-order valence-electron chi connectivity index (χ1n) is 9.70. The van der Waals surface area contributed by atoms with Crippen molar-refractivity contribution in [1.29, 1.82) is 0 Å². The van der Waals surface area contributed by atoms with Gasteiger partial charge in [0.25, 0.3) is 0 Å². The number of aromatic hydroxyl groups is 1. The van der Waals surface area contributed by atoms with Crippen molar-refractivity contribution < 1.29 is 19.4 Å². The van der Waals surface area contributed by atoms with Gasteiger partial charge in [0.15, 0.2) is 11.5 Å². The van der Waals surface area contributed by atoms with Crippen molar-refractivity contribution in [1.82, 2.24) is 14.8 Å². The average molecular weight is 436 g/mol. The SMILES string of the molecule is COc1cc([C@@H]2CC(=O)Nc3c2c(C)nn3-c2nc3ccccc3s2)cc(OC)c1O. The number of hydrogen-bond acceptors (Lipinski definition) is 7. The fourth-order valence-corrected chi connectivity index (χ4v) is 4.96. The molecule has 0 saturated carbocycles. The quantitative estimate of drug-likeness (QED) is 0.502. The third kappa shape index (κ3) is 3.09. The van der Waals surface area contributed by atoms with Gasteiger partial charge in [-0.15, -0.1) is 0 Å². The van der Waals surface area contributed by atoms with Crippen LogP contribution in [0.25, 0.3) is 15.3 Å². The van der Waals surface area contributed by atoms with E-state index in [4.69, 9.17) is 14.6 Å². The van der Waals surface area contributed by atoms with Gasteiger partial charge in [0.2, 0.25) is 16.8 Å². The Bertz CT molecular complexity index is 1270. The molecule has 9 heteroatoms. The highest BCUT2D eigenvalue weighted by atomic mass is 32.1. The molecule has 0 bridgehead atoms. The van der Waals surface area contributed by atoms with Crippen molar-refractivity contribution >= 4 is 33.3 Å². The number of methoxy groups -OCH3 is 2. The Morgan fingerprint density at radius 3 is 2.58 bits per heavy atom. The zero-order valence-electron chi connectivity index (χ0n) is 17.2. The lowest BCUT2D eigenvalue weighted by molar-refractivity contribution is -0.116. The first kappa shape index (κ1) is 19.4. The van der Waals surface area contributed by atoms with Crippen LogP contribution in [0.15, 0.2) is 36.4 Å². The monoisotopic (exact) mass is 436 g/mol. The highest BCUT2D eigenvalue weighted by molar-refractivity contribution is 7.20. The summed E-state index contributed by atoms with van der Waals surface area (Å²) in [7, 11) is 2.96. The molecule has 0 aliphatic carbocycles. The molecule has 3 heterocycles. The van der Waals surface area contributed by atoms with E-state index in [0.29, 0.717) is 10.9 Å². The zero-order chi connectivity index (χ0) is 21.7. The fraction of sp³-hybridized carbons (Fsp3) is 0.227. The summed E-state index contributed by atoms with van der Waals surface area (Å²) in [5, 5.41) is 18.7. The van der Waals surface area contributed by atoms with Crippen LogP contribution in [0.2, 0.25) is 0 Å². The maximum absolute atomic E-state index is 12.7.